The number of carbonyl (C=O) groups is 4. The van der Waals surface area contributed by atoms with E-state index in [9.17, 15) is 19.2 Å². The molecule has 0 aliphatic rings. The summed E-state index contributed by atoms with van der Waals surface area (Å²) in [7, 11) is 0. The molecule has 0 spiro atoms. The molecule has 75 valence electrons. The maximum absolute atomic E-state index is 10.3. The normalized spacial score (nSPS) is 11.7. The van der Waals surface area contributed by atoms with Gasteiger partial charge < -0.3 is 0 Å². The van der Waals surface area contributed by atoms with Crippen LogP contribution in [0.3, 0.4) is 0 Å². The van der Waals surface area contributed by atoms with Crippen LogP contribution in [0, 0.1) is 0 Å². The van der Waals surface area contributed by atoms with E-state index >= 15 is 0 Å². The molecular weight excluding hydrogens is 231 g/mol. The van der Waals surface area contributed by atoms with Gasteiger partial charge in [-0.05, 0) is 0 Å². The van der Waals surface area contributed by atoms with E-state index < -0.39 is 32.3 Å². The van der Waals surface area contributed by atoms with Crippen LogP contribution in [0.15, 0.2) is 0 Å². The third-order valence-electron chi connectivity index (χ3n) is 0.970. The van der Waals surface area contributed by atoms with E-state index in [2.05, 4.69) is 0 Å². The molecule has 9 heteroatoms. The molecule has 0 saturated carbocycles. The molecule has 0 aromatic heterocycles. The fourth-order valence-electron chi connectivity index (χ4n) is 0.415. The van der Waals surface area contributed by atoms with Crippen molar-refractivity contribution in [1.82, 2.24) is 0 Å². The summed E-state index contributed by atoms with van der Waals surface area (Å²) in [6, 6.07) is 0. The van der Waals surface area contributed by atoms with Crippen LogP contribution in [0.2, 0.25) is 0 Å². The van der Waals surface area contributed by atoms with Crippen molar-refractivity contribution in [1.29, 1.82) is 0 Å². The van der Waals surface area contributed by atoms with Crippen molar-refractivity contribution in [3.8, 4) is 0 Å². The van der Waals surface area contributed by atoms with E-state index in [0.29, 0.717) is 0 Å². The molecular formula is C4H4MnO8. The van der Waals surface area contributed by atoms with Gasteiger partial charge in [-0.3, -0.25) is 0 Å². The summed E-state index contributed by atoms with van der Waals surface area (Å²) < 4.78 is 0. The first kappa shape index (κ1) is 11.4. The number of carboxylic acid groups (broad SMARTS) is 4. The minimum atomic E-state index is -5.46. The Labute approximate surface area is 72.6 Å². The van der Waals surface area contributed by atoms with Gasteiger partial charge in [0, 0.05) is 0 Å². The van der Waals surface area contributed by atoms with Gasteiger partial charge in [0.1, 0.15) is 0 Å². The first-order valence-corrected chi connectivity index (χ1v) is 4.83. The summed E-state index contributed by atoms with van der Waals surface area (Å²) in [4.78, 5) is 31.8. The summed E-state index contributed by atoms with van der Waals surface area (Å²) in [6.07, 6.45) is 0. The van der Waals surface area contributed by atoms with Crippen LogP contribution in [0.4, 0.5) is 19.2 Å². The zero-order valence-electron chi connectivity index (χ0n) is 5.80. The van der Waals surface area contributed by atoms with E-state index in [4.69, 9.17) is 20.4 Å². The van der Waals surface area contributed by atoms with E-state index in [1.165, 1.54) is 0 Å². The molecule has 0 aliphatic carbocycles. The molecule has 0 atom stereocenters. The molecule has 0 unspecified atom stereocenters. The molecule has 0 aromatic rings. The van der Waals surface area contributed by atoms with E-state index in [1.807, 2.05) is 0 Å². The number of rotatable bonds is 4. The molecule has 0 bridgehead atoms. The molecule has 4 N–H and O–H groups in total. The van der Waals surface area contributed by atoms with Gasteiger partial charge in [0.15, 0.2) is 0 Å². The van der Waals surface area contributed by atoms with Crippen LogP contribution >= 0.6 is 0 Å². The molecule has 0 fully saturated rings. The van der Waals surface area contributed by atoms with Gasteiger partial charge in [0.25, 0.3) is 0 Å². The summed E-state index contributed by atoms with van der Waals surface area (Å²) >= 11 is -5.46. The van der Waals surface area contributed by atoms with Gasteiger partial charge in [-0.25, -0.2) is 0 Å². The topological polar surface area (TPSA) is 149 Å². The molecule has 0 aromatic carbocycles. The molecule has 0 radical (unpaired) electrons. The van der Waals surface area contributed by atoms with Gasteiger partial charge >= 0.3 is 71.9 Å². The molecule has 13 heavy (non-hydrogen) atoms. The van der Waals surface area contributed by atoms with Crippen LogP contribution in [-0.2, 0) is 12.8 Å². The van der Waals surface area contributed by atoms with Crippen molar-refractivity contribution in [3.63, 3.8) is 0 Å². The monoisotopic (exact) mass is 235 g/mol. The molecule has 0 amide bonds. The van der Waals surface area contributed by atoms with Gasteiger partial charge in [0.05, 0.1) is 0 Å². The predicted molar refractivity (Wildman–Crippen MR) is 32.1 cm³/mol. The Morgan fingerprint density at radius 3 is 0.769 bits per heavy atom. The second-order valence-electron chi connectivity index (χ2n) is 1.58. The Morgan fingerprint density at radius 1 is 0.615 bits per heavy atom. The quantitative estimate of drug-likeness (QED) is 0.523. The van der Waals surface area contributed by atoms with Crippen molar-refractivity contribution in [2.45, 2.75) is 0 Å². The van der Waals surface area contributed by atoms with Gasteiger partial charge in [0.2, 0.25) is 0 Å². The average Bonchev–Trinajstić information content (AvgIpc) is 1.82. The van der Waals surface area contributed by atoms with Crippen molar-refractivity contribution >= 4 is 19.5 Å². The fraction of sp³-hybridized carbons (Fsp3) is 0. The van der Waals surface area contributed by atoms with Crippen LogP contribution in [0.1, 0.15) is 0 Å². The fourth-order valence-corrected chi connectivity index (χ4v) is 1.71. The van der Waals surface area contributed by atoms with Gasteiger partial charge in [-0.1, -0.05) is 0 Å². The Kier molecular flexibility index (Phi) is 3.00. The summed E-state index contributed by atoms with van der Waals surface area (Å²) in [5, 5.41) is 33.0. The second kappa shape index (κ2) is 3.42. The van der Waals surface area contributed by atoms with Crippen LogP contribution in [0.25, 0.3) is 0 Å². The Bertz CT molecular complexity index is 231. The SMILES string of the molecule is O=[C](O)[Mn]([C](=O)O)([C](=O)O)[C](=O)O. The third kappa shape index (κ3) is 1.46. The molecule has 0 aliphatic heterocycles. The van der Waals surface area contributed by atoms with Crippen LogP contribution in [0.5, 0.6) is 0 Å². The maximum atomic E-state index is 10.3. The molecule has 0 heterocycles. The third-order valence-corrected chi connectivity index (χ3v) is 4.00. The van der Waals surface area contributed by atoms with Crippen LogP contribution in [-0.4, -0.2) is 39.9 Å². The molecule has 0 saturated heterocycles. The molecule has 0 rings (SSSR count). The first-order chi connectivity index (χ1) is 5.77. The zero-order valence-corrected chi connectivity index (χ0v) is 6.98. The molecule has 8 nitrogen and oxygen atoms in total. The van der Waals surface area contributed by atoms with Crippen LogP contribution < -0.4 is 0 Å². The van der Waals surface area contributed by atoms with Crippen molar-refractivity contribution < 1.29 is 52.4 Å². The Morgan fingerprint density at radius 2 is 0.769 bits per heavy atom. The van der Waals surface area contributed by atoms with Crippen molar-refractivity contribution in [2.24, 2.45) is 0 Å². The number of hydrogen-bond donors (Lipinski definition) is 4. The summed E-state index contributed by atoms with van der Waals surface area (Å²) in [5.74, 6) is 0. The average molecular weight is 235 g/mol. The zero-order chi connectivity index (χ0) is 10.8. The van der Waals surface area contributed by atoms with Gasteiger partial charge in [-0.2, -0.15) is 0 Å². The summed E-state index contributed by atoms with van der Waals surface area (Å²) in [6.45, 7) is 0. The van der Waals surface area contributed by atoms with E-state index in [-0.39, 0.29) is 0 Å². The second-order valence-corrected chi connectivity index (χ2v) is 5.37. The van der Waals surface area contributed by atoms with Crippen molar-refractivity contribution in [3.05, 3.63) is 0 Å². The minimum absolute atomic E-state index is 2.32. The predicted octanol–water partition coefficient (Wildman–Crippen LogP) is 0.852. The van der Waals surface area contributed by atoms with E-state index in [1.54, 1.807) is 0 Å². The number of hydrogen-bond acceptors (Lipinski definition) is 4. The van der Waals surface area contributed by atoms with E-state index in [0.717, 1.165) is 0 Å². The Hall–Kier alpha value is -1.60. The van der Waals surface area contributed by atoms with Crippen molar-refractivity contribution in [2.75, 3.05) is 0 Å². The summed E-state index contributed by atoms with van der Waals surface area (Å²) in [5.41, 5.74) is 0. The standard InChI is InChI=1S/4CHO2.Mn/c4*2-1-3;/h4*(H,2,3);. The first-order valence-electron chi connectivity index (χ1n) is 2.47. The van der Waals surface area contributed by atoms with Gasteiger partial charge in [-0.15, -0.1) is 0 Å². The Balaban J connectivity index is 5.60.